The minimum absolute atomic E-state index is 0.334. The Morgan fingerprint density at radius 2 is 1.79 bits per heavy atom. The lowest BCUT2D eigenvalue weighted by Gasteiger charge is -2.27. The van der Waals surface area contributed by atoms with Crippen LogP contribution in [0.3, 0.4) is 0 Å². The van der Waals surface area contributed by atoms with Gasteiger partial charge in [0.25, 0.3) is 0 Å². The van der Waals surface area contributed by atoms with Crippen LogP contribution in [0.4, 0.5) is 0 Å². The number of hydrogen-bond acceptors (Lipinski definition) is 5. The molecule has 0 bridgehead atoms. The summed E-state index contributed by atoms with van der Waals surface area (Å²) in [7, 11) is -4.61. The van der Waals surface area contributed by atoms with Crippen LogP contribution in [0.5, 0.6) is 5.75 Å². The van der Waals surface area contributed by atoms with E-state index in [1.54, 1.807) is 0 Å². The van der Waals surface area contributed by atoms with E-state index in [1.807, 2.05) is 39.0 Å². The Hall–Kier alpha value is -0.950. The third-order valence-corrected chi connectivity index (χ3v) is 4.96. The molecule has 170 valence electrons. The van der Waals surface area contributed by atoms with Crippen LogP contribution in [-0.2, 0) is 15.5 Å². The van der Waals surface area contributed by atoms with Gasteiger partial charge >= 0.3 is 7.82 Å². The molecule has 0 radical (unpaired) electrons. The van der Waals surface area contributed by atoms with Crippen LogP contribution in [0.15, 0.2) is 18.2 Å². The van der Waals surface area contributed by atoms with Crippen molar-refractivity contribution in [2.45, 2.75) is 78.2 Å². The Labute approximate surface area is 175 Å². The largest absolute Gasteiger partial charge is 0.493 e. The number of ether oxygens (including phenoxy) is 1. The van der Waals surface area contributed by atoms with Crippen LogP contribution in [-0.4, -0.2) is 40.3 Å². The molecule has 0 saturated carbocycles. The summed E-state index contributed by atoms with van der Waals surface area (Å²) in [6.07, 6.45) is 6.86. The molecule has 0 spiro atoms. The molecule has 0 fully saturated rings. The van der Waals surface area contributed by atoms with E-state index in [4.69, 9.17) is 20.3 Å². The number of nitrogens with two attached hydrogens (primary N) is 1. The van der Waals surface area contributed by atoms with Gasteiger partial charge in [-0.3, -0.25) is 4.52 Å². The zero-order chi connectivity index (χ0) is 22.3. The first kappa shape index (κ1) is 28.1. The molecule has 1 aromatic rings. The molecule has 0 unspecified atom stereocenters. The Balaban J connectivity index is 0.00000379. The number of benzene rings is 1. The number of rotatable bonds is 14. The highest BCUT2D eigenvalue weighted by Gasteiger charge is 2.28. The lowest BCUT2D eigenvalue weighted by molar-refractivity contribution is 0.102. The highest BCUT2D eigenvalue weighted by molar-refractivity contribution is 7.46. The summed E-state index contributed by atoms with van der Waals surface area (Å²) in [6, 6.07) is 5.88. The minimum atomic E-state index is -4.61. The molecule has 0 amide bonds. The van der Waals surface area contributed by atoms with Crippen molar-refractivity contribution in [3.8, 4) is 5.75 Å². The Morgan fingerprint density at radius 3 is 2.34 bits per heavy atom. The number of hydrogen-bond donors (Lipinski definition) is 4. The summed E-state index contributed by atoms with van der Waals surface area (Å²) in [4.78, 5) is 17.6. The third-order valence-electron chi connectivity index (χ3n) is 4.49. The number of aryl methyl sites for hydroxylation is 2. The van der Waals surface area contributed by atoms with Gasteiger partial charge in [0.05, 0.1) is 25.4 Å². The second kappa shape index (κ2) is 14.9. The molecule has 0 heterocycles. The first-order chi connectivity index (χ1) is 13.7. The molecule has 0 saturated heterocycles. The Morgan fingerprint density at radius 1 is 1.14 bits per heavy atom. The smallest absolute Gasteiger partial charge is 0.469 e. The third kappa shape index (κ3) is 13.1. The van der Waals surface area contributed by atoms with Gasteiger partial charge in [0.1, 0.15) is 5.75 Å². The molecule has 1 rings (SSSR count). The maximum absolute atomic E-state index is 10.8. The molecule has 5 N–H and O–H groups in total. The number of phosphoric acid groups is 1. The molecular weight excluding hydrogens is 393 g/mol. The van der Waals surface area contributed by atoms with Gasteiger partial charge in [-0.2, -0.15) is 0 Å². The van der Waals surface area contributed by atoms with Gasteiger partial charge < -0.3 is 25.4 Å². The van der Waals surface area contributed by atoms with Crippen LogP contribution < -0.4 is 10.5 Å². The monoisotopic (exact) mass is 433 g/mol. The van der Waals surface area contributed by atoms with Gasteiger partial charge in [-0.1, -0.05) is 58.6 Å². The van der Waals surface area contributed by atoms with Crippen molar-refractivity contribution in [1.29, 1.82) is 0 Å². The van der Waals surface area contributed by atoms with Crippen molar-refractivity contribution < 1.29 is 28.7 Å². The van der Waals surface area contributed by atoms with Crippen molar-refractivity contribution in [3.63, 3.8) is 0 Å². The fourth-order valence-electron chi connectivity index (χ4n) is 2.72. The van der Waals surface area contributed by atoms with Crippen LogP contribution in [0.25, 0.3) is 0 Å². The van der Waals surface area contributed by atoms with Gasteiger partial charge in [0.15, 0.2) is 0 Å². The first-order valence-corrected chi connectivity index (χ1v) is 12.0. The summed E-state index contributed by atoms with van der Waals surface area (Å²) in [5.41, 5.74) is 6.83. The molecule has 1 aromatic carbocycles. The SMILES string of the molecule is CC.CCCCCCCOc1ccc(CC[C@](N)(CO)COP(=O)(O)O)cc1C. The van der Waals surface area contributed by atoms with E-state index < -0.39 is 26.6 Å². The molecular formula is C21H40NO6P. The average Bonchev–Trinajstić information content (AvgIpc) is 2.70. The fourth-order valence-corrected chi connectivity index (χ4v) is 3.14. The molecule has 29 heavy (non-hydrogen) atoms. The van der Waals surface area contributed by atoms with Gasteiger partial charge in [-0.15, -0.1) is 0 Å². The van der Waals surface area contributed by atoms with E-state index in [-0.39, 0.29) is 0 Å². The lowest BCUT2D eigenvalue weighted by Crippen LogP contribution is -2.48. The van der Waals surface area contributed by atoms with Gasteiger partial charge in [0.2, 0.25) is 0 Å². The number of aliphatic hydroxyl groups excluding tert-OH is 1. The van der Waals surface area contributed by atoms with Crippen molar-refractivity contribution >= 4 is 7.82 Å². The van der Waals surface area contributed by atoms with Crippen molar-refractivity contribution in [1.82, 2.24) is 0 Å². The molecule has 0 aliphatic rings. The Bertz CT molecular complexity index is 607. The van der Waals surface area contributed by atoms with E-state index in [0.29, 0.717) is 19.4 Å². The number of aliphatic hydroxyl groups is 1. The second-order valence-corrected chi connectivity index (χ2v) is 8.39. The topological polar surface area (TPSA) is 122 Å². The van der Waals surface area contributed by atoms with Crippen LogP contribution >= 0.6 is 7.82 Å². The summed E-state index contributed by atoms with van der Waals surface area (Å²) < 4.78 is 21.1. The van der Waals surface area contributed by atoms with Crippen molar-refractivity contribution in [3.05, 3.63) is 29.3 Å². The van der Waals surface area contributed by atoms with Crippen molar-refractivity contribution in [2.24, 2.45) is 5.73 Å². The van der Waals surface area contributed by atoms with Crippen LogP contribution in [0.1, 0.15) is 70.4 Å². The van der Waals surface area contributed by atoms with Crippen LogP contribution in [0, 0.1) is 6.92 Å². The maximum Gasteiger partial charge on any atom is 0.469 e. The lowest BCUT2D eigenvalue weighted by atomic mass is 9.93. The van der Waals surface area contributed by atoms with E-state index >= 15 is 0 Å². The molecule has 1 atom stereocenters. The predicted molar refractivity (Wildman–Crippen MR) is 117 cm³/mol. The minimum Gasteiger partial charge on any atom is -0.493 e. The standard InChI is InChI=1S/C19H34NO6P.C2H6/c1-3-4-5-6-7-12-25-18-9-8-17(13-16(18)2)10-11-19(20,14-21)15-26-27(22,23)24;1-2/h8-9,13,21H,3-7,10-12,14-15,20H2,1-2H3,(H2,22,23,24);1-2H3/t19-;/m0./s1. The Kier molecular flexibility index (Phi) is 14.5. The number of phosphoric ester groups is 1. The highest BCUT2D eigenvalue weighted by Crippen LogP contribution is 2.37. The fraction of sp³-hybridized carbons (Fsp3) is 0.714. The quantitative estimate of drug-likeness (QED) is 0.257. The van der Waals surface area contributed by atoms with Gasteiger partial charge in [-0.05, 0) is 43.4 Å². The molecule has 0 aliphatic carbocycles. The first-order valence-electron chi connectivity index (χ1n) is 10.5. The van der Waals surface area contributed by atoms with E-state index in [2.05, 4.69) is 11.4 Å². The zero-order valence-electron chi connectivity index (χ0n) is 18.4. The maximum atomic E-state index is 10.8. The van der Waals surface area contributed by atoms with E-state index in [9.17, 15) is 9.67 Å². The van der Waals surface area contributed by atoms with E-state index in [0.717, 1.165) is 23.3 Å². The molecule has 0 aromatic heterocycles. The van der Waals surface area contributed by atoms with E-state index in [1.165, 1.54) is 25.7 Å². The van der Waals surface area contributed by atoms with Crippen LogP contribution in [0.2, 0.25) is 0 Å². The highest BCUT2D eigenvalue weighted by atomic mass is 31.2. The molecule has 7 nitrogen and oxygen atoms in total. The summed E-state index contributed by atoms with van der Waals surface area (Å²) in [6.45, 7) is 8.05. The summed E-state index contributed by atoms with van der Waals surface area (Å²) >= 11 is 0. The molecule has 0 aliphatic heterocycles. The summed E-state index contributed by atoms with van der Waals surface area (Å²) in [5.74, 6) is 0.861. The molecule has 8 heteroatoms. The predicted octanol–water partition coefficient (Wildman–Crippen LogP) is 4.10. The average molecular weight is 434 g/mol. The van der Waals surface area contributed by atoms with Gasteiger partial charge in [0, 0.05) is 0 Å². The zero-order valence-corrected chi connectivity index (χ0v) is 19.3. The van der Waals surface area contributed by atoms with Crippen molar-refractivity contribution in [2.75, 3.05) is 19.8 Å². The number of unbranched alkanes of at least 4 members (excludes halogenated alkanes) is 4. The second-order valence-electron chi connectivity index (χ2n) is 7.15. The summed E-state index contributed by atoms with van der Waals surface area (Å²) in [5, 5.41) is 9.46. The van der Waals surface area contributed by atoms with Gasteiger partial charge in [-0.25, -0.2) is 4.57 Å². The normalized spacial score (nSPS) is 13.4.